The van der Waals surface area contributed by atoms with E-state index in [1.54, 1.807) is 0 Å². The van der Waals surface area contributed by atoms with Crippen LogP contribution in [-0.4, -0.2) is 96.7 Å². The van der Waals surface area contributed by atoms with Crippen molar-refractivity contribution in [3.05, 3.63) is 0 Å². The van der Waals surface area contributed by atoms with Crippen LogP contribution in [-0.2, 0) is 65.4 Å². The topological polar surface area (TPSA) is 237 Å². The number of aliphatic hydroxyl groups excluding tert-OH is 1. The third-order valence-corrected chi connectivity index (χ3v) is 23.1. The molecule has 19 heteroatoms. The van der Waals surface area contributed by atoms with Gasteiger partial charge in [-0.1, -0.05) is 415 Å². The molecular weight excluding hydrogens is 1400 g/mol. The lowest BCUT2D eigenvalue weighted by atomic mass is 10.00. The van der Waals surface area contributed by atoms with E-state index in [1.807, 2.05) is 0 Å². The molecule has 0 bridgehead atoms. The van der Waals surface area contributed by atoms with E-state index in [0.717, 1.165) is 120 Å². The fraction of sp³-hybridized carbons (Fsp3) is 0.955. The Morgan fingerprint density at radius 3 is 0.657 bits per heavy atom. The molecule has 0 fully saturated rings. The summed E-state index contributed by atoms with van der Waals surface area (Å²) in [6.07, 6.45) is 68.1. The zero-order chi connectivity index (χ0) is 79.5. The molecule has 0 spiro atoms. The first-order chi connectivity index (χ1) is 52.1. The van der Waals surface area contributed by atoms with Gasteiger partial charge in [0, 0.05) is 25.7 Å². The fourth-order valence-corrected chi connectivity index (χ4v) is 15.4. The first kappa shape index (κ1) is 106. The van der Waals surface area contributed by atoms with Gasteiger partial charge >= 0.3 is 39.5 Å². The molecule has 17 nitrogen and oxygen atoms in total. The third kappa shape index (κ3) is 80.7. The number of rotatable bonds is 86. The van der Waals surface area contributed by atoms with Gasteiger partial charge < -0.3 is 33.8 Å². The number of esters is 4. The highest BCUT2D eigenvalue weighted by atomic mass is 31.2. The second kappa shape index (κ2) is 77.6. The van der Waals surface area contributed by atoms with Crippen LogP contribution < -0.4 is 0 Å². The number of phosphoric acid groups is 2. The maximum Gasteiger partial charge on any atom is 0.472 e. The molecule has 0 saturated heterocycles. The lowest BCUT2D eigenvalue weighted by Gasteiger charge is -2.21. The van der Waals surface area contributed by atoms with Crippen molar-refractivity contribution in [3.8, 4) is 0 Å². The van der Waals surface area contributed by atoms with Crippen molar-refractivity contribution in [2.24, 2.45) is 23.7 Å². The molecule has 0 saturated carbocycles. The van der Waals surface area contributed by atoms with Gasteiger partial charge in [-0.25, -0.2) is 9.13 Å². The van der Waals surface area contributed by atoms with Crippen LogP contribution in [0.3, 0.4) is 0 Å². The molecule has 108 heavy (non-hydrogen) atoms. The van der Waals surface area contributed by atoms with E-state index in [4.69, 9.17) is 37.0 Å². The van der Waals surface area contributed by atoms with Crippen molar-refractivity contribution in [2.75, 3.05) is 39.6 Å². The SMILES string of the molecule is CCC(C)CCCCCCCCC(=O)OC[C@H](COP(=O)(O)OC[C@H](O)COP(=O)(O)OC[C@@H](COC(=O)CCCCCCCCCCCCCCCCCCCCC(C)C)OC(=O)CCCCCCCCCCCCCCCCCCC(C)C)OC(=O)CCCCCCCCCCCCCCCCCC(C)C. The maximum absolute atomic E-state index is 13.2. The van der Waals surface area contributed by atoms with E-state index in [1.165, 1.54) is 263 Å². The minimum atomic E-state index is -4.97. The molecule has 6 atom stereocenters. The Kier molecular flexibility index (Phi) is 76.2. The van der Waals surface area contributed by atoms with E-state index in [-0.39, 0.29) is 25.7 Å². The second-order valence-corrected chi connectivity index (χ2v) is 36.6. The molecule has 0 heterocycles. The number of hydrogen-bond donors (Lipinski definition) is 3. The average Bonchev–Trinajstić information content (AvgIpc) is 0.899. The predicted molar refractivity (Wildman–Crippen MR) is 446 cm³/mol. The van der Waals surface area contributed by atoms with Gasteiger partial charge in [0.05, 0.1) is 26.4 Å². The van der Waals surface area contributed by atoms with E-state index in [0.29, 0.717) is 25.7 Å². The Labute approximate surface area is 664 Å². The number of ether oxygens (including phenoxy) is 4. The van der Waals surface area contributed by atoms with Crippen molar-refractivity contribution >= 4 is 39.5 Å². The molecular formula is C89H174O17P2. The summed E-state index contributed by atoms with van der Waals surface area (Å²) in [7, 11) is -9.93. The molecule has 0 amide bonds. The highest BCUT2D eigenvalue weighted by molar-refractivity contribution is 7.47. The number of carbonyl (C=O) groups is 4. The van der Waals surface area contributed by atoms with Crippen LogP contribution in [0.25, 0.3) is 0 Å². The molecule has 0 aromatic carbocycles. The van der Waals surface area contributed by atoms with Gasteiger partial charge in [-0.2, -0.15) is 0 Å². The highest BCUT2D eigenvalue weighted by Crippen LogP contribution is 2.45. The average molecular weight is 1580 g/mol. The summed E-state index contributed by atoms with van der Waals surface area (Å²) in [5, 5.41) is 10.7. The summed E-state index contributed by atoms with van der Waals surface area (Å²) < 4.78 is 69.0. The van der Waals surface area contributed by atoms with Gasteiger partial charge in [-0.15, -0.1) is 0 Å². The van der Waals surface area contributed by atoms with E-state index in [2.05, 4.69) is 55.4 Å². The van der Waals surface area contributed by atoms with Gasteiger partial charge in [-0.3, -0.25) is 37.3 Å². The molecule has 3 unspecified atom stereocenters. The maximum atomic E-state index is 13.2. The minimum Gasteiger partial charge on any atom is -0.462 e. The zero-order valence-electron chi connectivity index (χ0n) is 71.5. The van der Waals surface area contributed by atoms with Crippen LogP contribution in [0, 0.1) is 23.7 Å². The van der Waals surface area contributed by atoms with Gasteiger partial charge in [0.15, 0.2) is 12.2 Å². The van der Waals surface area contributed by atoms with Crippen LogP contribution in [0.5, 0.6) is 0 Å². The summed E-state index contributed by atoms with van der Waals surface area (Å²) in [5.74, 6) is 1.06. The van der Waals surface area contributed by atoms with Crippen LogP contribution in [0.2, 0.25) is 0 Å². The number of phosphoric ester groups is 2. The highest BCUT2D eigenvalue weighted by Gasteiger charge is 2.31. The summed E-state index contributed by atoms with van der Waals surface area (Å²) in [5.41, 5.74) is 0. The largest absolute Gasteiger partial charge is 0.472 e. The standard InChI is InChI=1S/C89H174O17P2/c1-9-82(8)68-60-52-47-48-54-62-70-87(92)100-76-85(106-89(94)72-64-56-46-40-34-28-22-16-19-25-31-37-43-51-59-67-81(6)7)78-104-108(97,98)102-74-83(90)73-101-107(95,96)103-77-84(105-88(93)71-63-55-45-39-33-27-21-15-14-18-24-30-36-42-50-58-66-80(4)5)75-99-86(91)69-61-53-44-38-32-26-20-13-11-10-12-17-23-29-35-41-49-57-65-79(2)3/h79-85,90H,9-78H2,1-8H3,(H,95,96)(H,97,98)/t82?,83-,84-,85-/m1/s1. The zero-order valence-corrected chi connectivity index (χ0v) is 73.3. The number of carbonyl (C=O) groups excluding carboxylic acids is 4. The molecule has 3 N–H and O–H groups in total. The van der Waals surface area contributed by atoms with Crippen LogP contribution in [0.4, 0.5) is 0 Å². The lowest BCUT2D eigenvalue weighted by Crippen LogP contribution is -2.30. The lowest BCUT2D eigenvalue weighted by molar-refractivity contribution is -0.161. The van der Waals surface area contributed by atoms with Gasteiger partial charge in [0.25, 0.3) is 0 Å². The van der Waals surface area contributed by atoms with E-state index in [9.17, 15) is 43.2 Å². The summed E-state index contributed by atoms with van der Waals surface area (Å²) in [4.78, 5) is 73.3. The van der Waals surface area contributed by atoms with Crippen molar-refractivity contribution in [1.82, 2.24) is 0 Å². The van der Waals surface area contributed by atoms with Gasteiger partial charge in [-0.05, 0) is 49.4 Å². The molecule has 0 radical (unpaired) electrons. The Balaban J connectivity index is 5.23. The molecule has 0 aliphatic carbocycles. The summed E-state index contributed by atoms with van der Waals surface area (Å²) in [6, 6.07) is 0. The quantitative estimate of drug-likeness (QED) is 0.0222. The van der Waals surface area contributed by atoms with Crippen LogP contribution in [0.15, 0.2) is 0 Å². The molecule has 0 aromatic heterocycles. The van der Waals surface area contributed by atoms with E-state index >= 15 is 0 Å². The minimum absolute atomic E-state index is 0.107. The second-order valence-electron chi connectivity index (χ2n) is 33.7. The molecule has 0 rings (SSSR count). The summed E-state index contributed by atoms with van der Waals surface area (Å²) in [6.45, 7) is 14.4. The fourth-order valence-electron chi connectivity index (χ4n) is 13.8. The van der Waals surface area contributed by atoms with Gasteiger partial charge in [0.2, 0.25) is 0 Å². The van der Waals surface area contributed by atoms with Crippen molar-refractivity contribution in [1.29, 1.82) is 0 Å². The molecule has 0 aliphatic heterocycles. The monoisotopic (exact) mass is 1580 g/mol. The number of hydrogen-bond acceptors (Lipinski definition) is 15. The predicted octanol–water partition coefficient (Wildman–Crippen LogP) is 27.1. The Bertz CT molecular complexity index is 2100. The van der Waals surface area contributed by atoms with Crippen molar-refractivity contribution in [2.45, 2.75) is 485 Å². The smallest absolute Gasteiger partial charge is 0.462 e. The van der Waals surface area contributed by atoms with Crippen LogP contribution >= 0.6 is 15.6 Å². The third-order valence-electron chi connectivity index (χ3n) is 21.2. The van der Waals surface area contributed by atoms with Crippen LogP contribution in [0.1, 0.15) is 466 Å². The molecule has 0 aromatic rings. The summed E-state index contributed by atoms with van der Waals surface area (Å²) >= 11 is 0. The molecule has 0 aliphatic rings. The number of aliphatic hydroxyl groups is 1. The Morgan fingerprint density at radius 2 is 0.444 bits per heavy atom. The Hall–Kier alpha value is -1.94. The van der Waals surface area contributed by atoms with E-state index < -0.39 is 97.5 Å². The molecule has 642 valence electrons. The van der Waals surface area contributed by atoms with Crippen molar-refractivity contribution < 1.29 is 80.2 Å². The normalized spacial score (nSPS) is 14.1. The first-order valence-corrected chi connectivity index (χ1v) is 48.7. The Morgan fingerprint density at radius 1 is 0.259 bits per heavy atom. The van der Waals surface area contributed by atoms with Crippen molar-refractivity contribution in [3.63, 3.8) is 0 Å². The number of unbranched alkanes of at least 4 members (excludes halogenated alkanes) is 51. The first-order valence-electron chi connectivity index (χ1n) is 45.7. The van der Waals surface area contributed by atoms with Gasteiger partial charge in [0.1, 0.15) is 19.3 Å².